The molecule has 8 heteroatoms. The fourth-order valence-corrected chi connectivity index (χ4v) is 1.70. The molecule has 2 rings (SSSR count). The number of nitrogens with zero attached hydrogens (tertiary/aromatic N) is 3. The van der Waals surface area contributed by atoms with Gasteiger partial charge in [-0.3, -0.25) is 0 Å². The summed E-state index contributed by atoms with van der Waals surface area (Å²) in [4.78, 5) is 0. The van der Waals surface area contributed by atoms with Crippen LogP contribution in [-0.4, -0.2) is 14.8 Å². The molecule has 20 heavy (non-hydrogen) atoms. The Morgan fingerprint density at radius 3 is 1.75 bits per heavy atom. The van der Waals surface area contributed by atoms with Gasteiger partial charge in [0.25, 0.3) is 0 Å². The molecule has 2 aromatic rings. The molecule has 0 aliphatic rings. The normalized spacial score (nSPS) is 12.0. The van der Waals surface area contributed by atoms with Crippen LogP contribution in [0.2, 0.25) is 0 Å². The Labute approximate surface area is 111 Å². The predicted molar refractivity (Wildman–Crippen MR) is 60.2 cm³/mol. The van der Waals surface area contributed by atoms with Crippen molar-refractivity contribution in [1.82, 2.24) is 14.8 Å². The molecule has 3 nitrogen and oxygen atoms in total. The molecule has 0 aliphatic carbocycles. The van der Waals surface area contributed by atoms with E-state index in [-0.39, 0.29) is 0 Å². The Morgan fingerprint density at radius 1 is 0.850 bits per heavy atom. The van der Waals surface area contributed by atoms with Crippen molar-refractivity contribution in [2.24, 2.45) is 0 Å². The highest BCUT2D eigenvalue weighted by molar-refractivity contribution is 5.58. The summed E-state index contributed by atoms with van der Waals surface area (Å²) in [6, 6.07) is 0. The number of hydrogen-bond donors (Lipinski definition) is 0. The summed E-state index contributed by atoms with van der Waals surface area (Å²) < 4.78 is 68.1. The molecule has 1 aromatic heterocycles. The maximum absolute atomic E-state index is 13.7. The van der Waals surface area contributed by atoms with Crippen molar-refractivity contribution < 1.29 is 22.0 Å². The molecule has 108 valence electrons. The minimum Gasteiger partial charge on any atom is -0.308 e. The Morgan fingerprint density at radius 2 is 1.30 bits per heavy atom. The van der Waals surface area contributed by atoms with Crippen LogP contribution in [0, 0.1) is 29.1 Å². The Kier molecular flexibility index (Phi) is 3.27. The summed E-state index contributed by atoms with van der Waals surface area (Å²) in [5.41, 5.74) is -1.78. The molecule has 0 amide bonds. The highest BCUT2D eigenvalue weighted by Crippen LogP contribution is 2.32. The van der Waals surface area contributed by atoms with E-state index in [9.17, 15) is 22.0 Å². The van der Waals surface area contributed by atoms with Gasteiger partial charge in [-0.05, 0) is 20.8 Å². The molecule has 0 aliphatic heterocycles. The van der Waals surface area contributed by atoms with Crippen LogP contribution in [0.15, 0.2) is 6.33 Å². The zero-order valence-electron chi connectivity index (χ0n) is 10.8. The highest BCUT2D eigenvalue weighted by Gasteiger charge is 2.31. The second-order valence-corrected chi connectivity index (χ2v) is 5.14. The van der Waals surface area contributed by atoms with Gasteiger partial charge in [-0.25, -0.2) is 22.0 Å². The summed E-state index contributed by atoms with van der Waals surface area (Å²) in [6.45, 7) is 5.02. The molecule has 0 bridgehead atoms. The maximum Gasteiger partial charge on any atom is 0.200 e. The van der Waals surface area contributed by atoms with Gasteiger partial charge >= 0.3 is 0 Å². The molecule has 0 fully saturated rings. The van der Waals surface area contributed by atoms with Crippen LogP contribution >= 0.6 is 0 Å². The van der Waals surface area contributed by atoms with Crippen LogP contribution in [0.25, 0.3) is 11.4 Å². The maximum atomic E-state index is 13.7. The van der Waals surface area contributed by atoms with Crippen LogP contribution < -0.4 is 0 Å². The molecule has 0 N–H and O–H groups in total. The lowest BCUT2D eigenvalue weighted by Crippen LogP contribution is -2.22. The first-order chi connectivity index (χ1) is 9.16. The summed E-state index contributed by atoms with van der Waals surface area (Å²) in [5.74, 6) is -10.5. The molecule has 0 spiro atoms. The predicted octanol–water partition coefficient (Wildman–Crippen LogP) is 3.40. The van der Waals surface area contributed by atoms with Gasteiger partial charge in [0.05, 0.1) is 5.56 Å². The van der Waals surface area contributed by atoms with Crippen LogP contribution in [-0.2, 0) is 5.54 Å². The molecular formula is C12H10F5N3. The standard InChI is InChI=1S/C12H10F5N3/c1-12(2,3)20-4-18-19-11(20)5-6(13)8(15)10(17)9(16)7(5)14/h4H,1-3H3. The van der Waals surface area contributed by atoms with Crippen molar-refractivity contribution in [3.05, 3.63) is 35.4 Å². The summed E-state index contributed by atoms with van der Waals surface area (Å²) in [5, 5.41) is 6.93. The van der Waals surface area contributed by atoms with Gasteiger partial charge < -0.3 is 4.57 Å². The molecule has 0 radical (unpaired) electrons. The zero-order chi connectivity index (χ0) is 15.2. The van der Waals surface area contributed by atoms with Gasteiger partial charge in [-0.2, -0.15) is 0 Å². The topological polar surface area (TPSA) is 30.7 Å². The molecule has 0 unspecified atom stereocenters. The molecule has 0 atom stereocenters. The number of aromatic nitrogens is 3. The van der Waals surface area contributed by atoms with Crippen molar-refractivity contribution in [2.45, 2.75) is 26.3 Å². The first-order valence-electron chi connectivity index (χ1n) is 5.58. The molecule has 1 heterocycles. The average molecular weight is 291 g/mol. The quantitative estimate of drug-likeness (QED) is 0.458. The minimum absolute atomic E-state index is 0.426. The number of benzene rings is 1. The van der Waals surface area contributed by atoms with Gasteiger partial charge in [-0.15, -0.1) is 10.2 Å². The van der Waals surface area contributed by atoms with E-state index in [1.807, 2.05) is 0 Å². The van der Waals surface area contributed by atoms with E-state index in [4.69, 9.17) is 0 Å². The second-order valence-electron chi connectivity index (χ2n) is 5.14. The summed E-state index contributed by atoms with van der Waals surface area (Å²) in [7, 11) is 0. The lowest BCUT2D eigenvalue weighted by Gasteiger charge is -2.22. The average Bonchev–Trinajstić information content (AvgIpc) is 2.83. The van der Waals surface area contributed by atoms with E-state index in [0.29, 0.717) is 0 Å². The van der Waals surface area contributed by atoms with Crippen molar-refractivity contribution in [1.29, 1.82) is 0 Å². The Balaban J connectivity index is 2.82. The Hall–Kier alpha value is -1.99. The number of hydrogen-bond acceptors (Lipinski definition) is 2. The van der Waals surface area contributed by atoms with Gasteiger partial charge in [0, 0.05) is 5.54 Å². The highest BCUT2D eigenvalue weighted by atomic mass is 19.2. The van der Waals surface area contributed by atoms with E-state index < -0.39 is 46.0 Å². The smallest absolute Gasteiger partial charge is 0.200 e. The van der Waals surface area contributed by atoms with Gasteiger partial charge in [0.2, 0.25) is 5.82 Å². The van der Waals surface area contributed by atoms with E-state index in [0.717, 1.165) is 6.33 Å². The van der Waals surface area contributed by atoms with Crippen LogP contribution in [0.1, 0.15) is 20.8 Å². The largest absolute Gasteiger partial charge is 0.308 e. The van der Waals surface area contributed by atoms with E-state index in [2.05, 4.69) is 10.2 Å². The minimum atomic E-state index is -2.20. The fourth-order valence-electron chi connectivity index (χ4n) is 1.70. The summed E-state index contributed by atoms with van der Waals surface area (Å²) in [6.07, 6.45) is 1.16. The second kappa shape index (κ2) is 4.53. The first-order valence-corrected chi connectivity index (χ1v) is 5.58. The van der Waals surface area contributed by atoms with Crippen molar-refractivity contribution in [3.63, 3.8) is 0 Å². The van der Waals surface area contributed by atoms with Crippen molar-refractivity contribution in [3.8, 4) is 11.4 Å². The lowest BCUT2D eigenvalue weighted by atomic mass is 10.1. The van der Waals surface area contributed by atoms with Crippen LogP contribution in [0.4, 0.5) is 22.0 Å². The monoisotopic (exact) mass is 291 g/mol. The van der Waals surface area contributed by atoms with E-state index in [1.165, 1.54) is 4.57 Å². The number of rotatable bonds is 1. The zero-order valence-corrected chi connectivity index (χ0v) is 10.8. The SMILES string of the molecule is CC(C)(C)n1cnnc1-c1c(F)c(F)c(F)c(F)c1F. The van der Waals surface area contributed by atoms with E-state index in [1.54, 1.807) is 20.8 Å². The van der Waals surface area contributed by atoms with Gasteiger partial charge in [-0.1, -0.05) is 0 Å². The van der Waals surface area contributed by atoms with E-state index >= 15 is 0 Å². The van der Waals surface area contributed by atoms with Crippen LogP contribution in [0.3, 0.4) is 0 Å². The molecule has 1 aromatic carbocycles. The third-order valence-corrected chi connectivity index (χ3v) is 2.70. The Bertz CT molecular complexity index is 643. The lowest BCUT2D eigenvalue weighted by molar-refractivity contribution is 0.374. The van der Waals surface area contributed by atoms with Crippen molar-refractivity contribution >= 4 is 0 Å². The molecule has 0 saturated heterocycles. The molecule has 0 saturated carbocycles. The van der Waals surface area contributed by atoms with Crippen LogP contribution in [0.5, 0.6) is 0 Å². The van der Waals surface area contributed by atoms with Gasteiger partial charge in [0.15, 0.2) is 29.1 Å². The first kappa shape index (κ1) is 14.4. The molecular weight excluding hydrogens is 281 g/mol. The third kappa shape index (κ3) is 2.04. The number of halogens is 5. The summed E-state index contributed by atoms with van der Waals surface area (Å²) >= 11 is 0. The van der Waals surface area contributed by atoms with Gasteiger partial charge in [0.1, 0.15) is 6.33 Å². The van der Waals surface area contributed by atoms with Crippen molar-refractivity contribution in [2.75, 3.05) is 0 Å². The third-order valence-electron chi connectivity index (χ3n) is 2.70. The fraction of sp³-hybridized carbons (Fsp3) is 0.333.